The summed E-state index contributed by atoms with van der Waals surface area (Å²) < 4.78 is 4.93. The molecule has 0 heterocycles. The number of esters is 1. The van der Waals surface area contributed by atoms with E-state index in [1.807, 2.05) is 0 Å². The van der Waals surface area contributed by atoms with Crippen molar-refractivity contribution in [2.45, 2.75) is 19.8 Å². The van der Waals surface area contributed by atoms with Crippen LogP contribution in [0.3, 0.4) is 0 Å². The highest BCUT2D eigenvalue weighted by atomic mass is 16.5. The van der Waals surface area contributed by atoms with Crippen LogP contribution < -0.4 is 0 Å². The number of allylic oxidation sites excluding steroid dienone is 2. The first-order valence-electron chi connectivity index (χ1n) is 4.63. The van der Waals surface area contributed by atoms with E-state index in [0.717, 1.165) is 12.8 Å². The average Bonchev–Trinajstić information content (AvgIpc) is 2.15. The lowest BCUT2D eigenvalue weighted by Gasteiger charge is -2.26. The molecule has 1 rings (SSSR count). The van der Waals surface area contributed by atoms with Crippen LogP contribution in [0.25, 0.3) is 0 Å². The molecule has 0 aromatic carbocycles. The van der Waals surface area contributed by atoms with Gasteiger partial charge in [-0.05, 0) is 18.8 Å². The minimum atomic E-state index is -0.244. The number of aliphatic hydroxyl groups excluding tert-OH is 1. The molecule has 0 aromatic rings. The summed E-state index contributed by atoms with van der Waals surface area (Å²) in [6, 6.07) is 0. The van der Waals surface area contributed by atoms with Gasteiger partial charge in [0.25, 0.3) is 0 Å². The lowest BCUT2D eigenvalue weighted by atomic mass is 9.84. The molecule has 3 heteroatoms. The quantitative estimate of drug-likeness (QED) is 0.528. The van der Waals surface area contributed by atoms with Gasteiger partial charge < -0.3 is 9.84 Å². The molecule has 13 heavy (non-hydrogen) atoms. The van der Waals surface area contributed by atoms with Crippen LogP contribution in [0.1, 0.15) is 19.8 Å². The Balaban J connectivity index is 2.37. The van der Waals surface area contributed by atoms with E-state index in [2.05, 4.69) is 12.2 Å². The zero-order valence-corrected chi connectivity index (χ0v) is 7.90. The van der Waals surface area contributed by atoms with Crippen LogP contribution in [0, 0.1) is 11.8 Å². The molecule has 1 aliphatic rings. The molecule has 0 saturated heterocycles. The van der Waals surface area contributed by atoms with Crippen LogP contribution in [0.15, 0.2) is 12.2 Å². The second-order valence-electron chi connectivity index (χ2n) is 3.45. The number of rotatable bonds is 3. The summed E-state index contributed by atoms with van der Waals surface area (Å²) in [5.41, 5.74) is 0. The van der Waals surface area contributed by atoms with Crippen LogP contribution in [-0.2, 0) is 9.53 Å². The van der Waals surface area contributed by atoms with Crippen molar-refractivity contribution >= 4 is 5.97 Å². The Bertz CT molecular complexity index is 198. The molecular formula is C10H16O3. The number of carbonyl (C=O) groups excluding carboxylic acids is 1. The van der Waals surface area contributed by atoms with Gasteiger partial charge in [0.05, 0.1) is 6.61 Å². The third-order valence-electron chi connectivity index (χ3n) is 2.45. The fourth-order valence-corrected chi connectivity index (χ4v) is 1.58. The second kappa shape index (κ2) is 5.02. The van der Waals surface area contributed by atoms with Crippen molar-refractivity contribution in [3.05, 3.63) is 12.2 Å². The number of aliphatic hydroxyl groups is 1. The van der Waals surface area contributed by atoms with Gasteiger partial charge in [0.1, 0.15) is 0 Å². The molecule has 0 fully saturated rings. The van der Waals surface area contributed by atoms with Gasteiger partial charge >= 0.3 is 5.97 Å². The maximum atomic E-state index is 10.6. The fraction of sp³-hybridized carbons (Fsp3) is 0.700. The maximum absolute atomic E-state index is 10.6. The minimum Gasteiger partial charge on any atom is -0.466 e. The number of hydrogen-bond acceptors (Lipinski definition) is 3. The molecule has 0 aliphatic heterocycles. The Labute approximate surface area is 78.4 Å². The first-order chi connectivity index (χ1) is 6.24. The predicted octanol–water partition coefficient (Wildman–Crippen LogP) is 1.12. The Hall–Kier alpha value is -0.830. The Morgan fingerprint density at radius 2 is 2.08 bits per heavy atom. The van der Waals surface area contributed by atoms with Gasteiger partial charge in [-0.3, -0.25) is 4.79 Å². The molecule has 0 saturated carbocycles. The molecule has 0 radical (unpaired) electrons. The molecule has 0 bridgehead atoms. The van der Waals surface area contributed by atoms with Gasteiger partial charge in [0.15, 0.2) is 0 Å². The highest BCUT2D eigenvalue weighted by molar-refractivity contribution is 5.65. The highest BCUT2D eigenvalue weighted by Gasteiger charge is 2.22. The number of hydrogen-bond donors (Lipinski definition) is 1. The highest BCUT2D eigenvalue weighted by Crippen LogP contribution is 2.25. The zero-order chi connectivity index (χ0) is 9.68. The zero-order valence-electron chi connectivity index (χ0n) is 7.90. The average molecular weight is 184 g/mol. The van der Waals surface area contributed by atoms with Gasteiger partial charge in [-0.1, -0.05) is 12.2 Å². The van der Waals surface area contributed by atoms with Crippen molar-refractivity contribution in [1.82, 2.24) is 0 Å². The standard InChI is InChI=1S/C10H16O3/c1-8(12)13-7-10-5-3-2-4-9(10)6-11/h2-3,9-11H,4-7H2,1H3. The normalized spacial score (nSPS) is 27.2. The molecule has 2 unspecified atom stereocenters. The monoisotopic (exact) mass is 184 g/mol. The number of carbonyl (C=O) groups is 1. The molecule has 0 aromatic heterocycles. The van der Waals surface area contributed by atoms with Crippen molar-refractivity contribution in [3.63, 3.8) is 0 Å². The van der Waals surface area contributed by atoms with Gasteiger partial charge in [-0.25, -0.2) is 0 Å². The molecule has 1 aliphatic carbocycles. The topological polar surface area (TPSA) is 46.5 Å². The molecular weight excluding hydrogens is 168 g/mol. The predicted molar refractivity (Wildman–Crippen MR) is 49.1 cm³/mol. The maximum Gasteiger partial charge on any atom is 0.302 e. The molecule has 0 amide bonds. The minimum absolute atomic E-state index is 0.177. The van der Waals surface area contributed by atoms with E-state index in [1.54, 1.807) is 0 Å². The van der Waals surface area contributed by atoms with Crippen molar-refractivity contribution in [3.8, 4) is 0 Å². The first kappa shape index (κ1) is 10.3. The van der Waals surface area contributed by atoms with Crippen LogP contribution in [-0.4, -0.2) is 24.3 Å². The van der Waals surface area contributed by atoms with Crippen molar-refractivity contribution in [1.29, 1.82) is 0 Å². The summed E-state index contributed by atoms with van der Waals surface area (Å²) in [5.74, 6) is 0.300. The third kappa shape index (κ3) is 3.19. The van der Waals surface area contributed by atoms with Crippen LogP contribution in [0.4, 0.5) is 0 Å². The lowest BCUT2D eigenvalue weighted by Crippen LogP contribution is -2.25. The summed E-state index contributed by atoms with van der Waals surface area (Å²) >= 11 is 0. The smallest absolute Gasteiger partial charge is 0.302 e. The molecule has 1 N–H and O–H groups in total. The summed E-state index contributed by atoms with van der Waals surface area (Å²) in [4.78, 5) is 10.6. The van der Waals surface area contributed by atoms with E-state index >= 15 is 0 Å². The van der Waals surface area contributed by atoms with E-state index in [0.29, 0.717) is 12.5 Å². The summed E-state index contributed by atoms with van der Waals surface area (Å²) in [7, 11) is 0. The third-order valence-corrected chi connectivity index (χ3v) is 2.45. The Kier molecular flexibility index (Phi) is 3.96. The molecule has 2 atom stereocenters. The summed E-state index contributed by atoms with van der Waals surface area (Å²) in [5, 5.41) is 9.05. The van der Waals surface area contributed by atoms with E-state index in [-0.39, 0.29) is 18.5 Å². The van der Waals surface area contributed by atoms with Crippen molar-refractivity contribution in [2.24, 2.45) is 11.8 Å². The first-order valence-corrected chi connectivity index (χ1v) is 4.63. The van der Waals surface area contributed by atoms with E-state index < -0.39 is 0 Å². The fourth-order valence-electron chi connectivity index (χ4n) is 1.58. The SMILES string of the molecule is CC(=O)OCC1CC=CCC1CO. The van der Waals surface area contributed by atoms with Gasteiger partial charge in [-0.2, -0.15) is 0 Å². The summed E-state index contributed by atoms with van der Waals surface area (Å²) in [6.07, 6.45) is 5.95. The Morgan fingerprint density at radius 1 is 1.46 bits per heavy atom. The van der Waals surface area contributed by atoms with E-state index in [9.17, 15) is 4.79 Å². The van der Waals surface area contributed by atoms with Gasteiger partial charge in [-0.15, -0.1) is 0 Å². The van der Waals surface area contributed by atoms with Crippen LogP contribution in [0.5, 0.6) is 0 Å². The van der Waals surface area contributed by atoms with Crippen molar-refractivity contribution < 1.29 is 14.6 Å². The van der Waals surface area contributed by atoms with Gasteiger partial charge in [0.2, 0.25) is 0 Å². The van der Waals surface area contributed by atoms with Gasteiger partial charge in [0, 0.05) is 19.4 Å². The molecule has 0 spiro atoms. The summed E-state index contributed by atoms with van der Waals surface area (Å²) in [6.45, 7) is 2.02. The van der Waals surface area contributed by atoms with Crippen LogP contribution in [0.2, 0.25) is 0 Å². The lowest BCUT2D eigenvalue weighted by molar-refractivity contribution is -0.143. The largest absolute Gasteiger partial charge is 0.466 e. The van der Waals surface area contributed by atoms with Crippen LogP contribution >= 0.6 is 0 Å². The molecule has 3 nitrogen and oxygen atoms in total. The second-order valence-corrected chi connectivity index (χ2v) is 3.45. The van der Waals surface area contributed by atoms with Crippen molar-refractivity contribution in [2.75, 3.05) is 13.2 Å². The number of ether oxygens (including phenoxy) is 1. The van der Waals surface area contributed by atoms with E-state index in [4.69, 9.17) is 9.84 Å². The molecule has 74 valence electrons. The van der Waals surface area contributed by atoms with E-state index in [1.165, 1.54) is 6.92 Å². The Morgan fingerprint density at radius 3 is 2.62 bits per heavy atom.